The Balaban J connectivity index is 0.00000101. The van der Waals surface area contributed by atoms with Gasteiger partial charge >= 0.3 is 0 Å². The highest BCUT2D eigenvalue weighted by molar-refractivity contribution is 7.80. The average Bonchev–Trinajstić information content (AvgIpc) is 2.92. The molecule has 1 aliphatic carbocycles. The predicted octanol–water partition coefficient (Wildman–Crippen LogP) is 4.62. The maximum Gasteiger partial charge on any atom is 0.290 e. The molecule has 0 unspecified atom stereocenters. The quantitative estimate of drug-likeness (QED) is 0.249. The fourth-order valence-corrected chi connectivity index (χ4v) is 3.30. The highest BCUT2D eigenvalue weighted by Crippen LogP contribution is 2.33. The van der Waals surface area contributed by atoms with Gasteiger partial charge in [0.2, 0.25) is 0 Å². The van der Waals surface area contributed by atoms with Gasteiger partial charge in [-0.15, -0.1) is 0 Å². The van der Waals surface area contributed by atoms with Gasteiger partial charge < -0.3 is 21.1 Å². The van der Waals surface area contributed by atoms with Gasteiger partial charge in [0.25, 0.3) is 6.47 Å². The predicted molar refractivity (Wildman–Crippen MR) is 128 cm³/mol. The first-order valence-corrected chi connectivity index (χ1v) is 10.6. The van der Waals surface area contributed by atoms with Crippen LogP contribution in [-0.2, 0) is 11.3 Å². The molecular weight excluding hydrogens is 396 g/mol. The zero-order chi connectivity index (χ0) is 21.9. The third kappa shape index (κ3) is 6.64. The number of nitrogens with zero attached hydrogens (tertiary/aromatic N) is 1. The standard InChI is InChI=1S/C22H28N4S.CH2O2/c1-4-5-12-23-22(27)25-17-9-7-10-18-19-11-6-8-16(14-24-15(2)3)21(19)26-20(18)13-17;2-1-3/h6-11,13,15,24H,4-5,12,14H2,1-3H3,(H2,23,25,27);1H,(H,2,3). The first-order valence-electron chi connectivity index (χ1n) is 10.2. The summed E-state index contributed by atoms with van der Waals surface area (Å²) in [6.07, 6.45) is 2.26. The van der Waals surface area contributed by atoms with Gasteiger partial charge in [0.15, 0.2) is 5.11 Å². The molecule has 3 rings (SSSR count). The minimum atomic E-state index is -0.250. The number of benzene rings is 1. The number of hydrogen-bond acceptors (Lipinski definition) is 4. The van der Waals surface area contributed by atoms with Crippen LogP contribution in [0.5, 0.6) is 0 Å². The van der Waals surface area contributed by atoms with Crippen LogP contribution in [0.1, 0.15) is 39.2 Å². The fraction of sp³-hybridized carbons (Fsp3) is 0.348. The molecule has 1 heterocycles. The van der Waals surface area contributed by atoms with E-state index < -0.39 is 0 Å². The summed E-state index contributed by atoms with van der Waals surface area (Å²) in [6.45, 7) is 7.94. The summed E-state index contributed by atoms with van der Waals surface area (Å²) in [5, 5.41) is 18.7. The van der Waals surface area contributed by atoms with Gasteiger partial charge in [-0.05, 0) is 36.3 Å². The summed E-state index contributed by atoms with van der Waals surface area (Å²) in [4.78, 5) is 13.3. The molecule has 30 heavy (non-hydrogen) atoms. The van der Waals surface area contributed by atoms with Crippen molar-refractivity contribution in [1.29, 1.82) is 0 Å². The smallest absolute Gasteiger partial charge is 0.290 e. The minimum absolute atomic E-state index is 0.250. The fourth-order valence-electron chi connectivity index (χ4n) is 3.08. The van der Waals surface area contributed by atoms with E-state index in [1.807, 2.05) is 6.07 Å². The van der Waals surface area contributed by atoms with Crippen LogP contribution in [0, 0.1) is 0 Å². The second-order valence-corrected chi connectivity index (χ2v) is 7.63. The molecule has 0 spiro atoms. The van der Waals surface area contributed by atoms with Crippen LogP contribution in [0.2, 0.25) is 0 Å². The van der Waals surface area contributed by atoms with E-state index in [1.54, 1.807) is 0 Å². The van der Waals surface area contributed by atoms with Crippen molar-refractivity contribution in [3.8, 4) is 11.3 Å². The molecule has 0 saturated heterocycles. The Morgan fingerprint density at radius 1 is 1.23 bits per heavy atom. The summed E-state index contributed by atoms with van der Waals surface area (Å²) < 4.78 is 0. The maximum absolute atomic E-state index is 8.36. The van der Waals surface area contributed by atoms with Crippen LogP contribution in [0.3, 0.4) is 0 Å². The largest absolute Gasteiger partial charge is 0.483 e. The Morgan fingerprint density at radius 2 is 1.97 bits per heavy atom. The van der Waals surface area contributed by atoms with Gasteiger partial charge in [0.05, 0.1) is 11.2 Å². The molecule has 0 radical (unpaired) electrons. The first kappa shape index (κ1) is 23.5. The SMILES string of the molecule is CCCCNC(=S)Nc1cccc2c3cccc(CNC(C)C)c3nc-2c1.O=CO. The Morgan fingerprint density at radius 3 is 2.67 bits per heavy atom. The van der Waals surface area contributed by atoms with Crippen molar-refractivity contribution in [2.24, 2.45) is 0 Å². The zero-order valence-electron chi connectivity index (χ0n) is 17.7. The van der Waals surface area contributed by atoms with E-state index in [0.717, 1.165) is 48.4 Å². The number of unbranched alkanes of at least 4 members (excludes halogenated alkanes) is 1. The van der Waals surface area contributed by atoms with E-state index in [0.29, 0.717) is 11.2 Å². The molecule has 0 atom stereocenters. The number of nitrogens with one attached hydrogen (secondary N) is 3. The van der Waals surface area contributed by atoms with E-state index in [-0.39, 0.29) is 6.47 Å². The zero-order valence-corrected chi connectivity index (χ0v) is 18.6. The van der Waals surface area contributed by atoms with Crippen LogP contribution < -0.4 is 16.0 Å². The summed E-state index contributed by atoms with van der Waals surface area (Å²) in [7, 11) is 0. The highest BCUT2D eigenvalue weighted by Gasteiger charge is 2.14. The van der Waals surface area contributed by atoms with Gasteiger partial charge in [-0.25, -0.2) is 4.98 Å². The third-order valence-corrected chi connectivity index (χ3v) is 4.77. The van der Waals surface area contributed by atoms with Crippen molar-refractivity contribution in [2.45, 2.75) is 46.2 Å². The second-order valence-electron chi connectivity index (χ2n) is 7.22. The molecule has 1 aromatic carbocycles. The number of rotatable bonds is 7. The molecule has 0 amide bonds. The number of anilines is 1. The summed E-state index contributed by atoms with van der Waals surface area (Å²) in [6, 6.07) is 15.1. The molecule has 160 valence electrons. The third-order valence-electron chi connectivity index (χ3n) is 4.52. The lowest BCUT2D eigenvalue weighted by atomic mass is 10.1. The number of fused-ring (bicyclic) bond motifs is 3. The molecule has 1 aliphatic heterocycles. The Kier molecular flexibility index (Phi) is 9.44. The minimum Gasteiger partial charge on any atom is -0.483 e. The van der Waals surface area contributed by atoms with E-state index in [4.69, 9.17) is 27.1 Å². The van der Waals surface area contributed by atoms with Crippen molar-refractivity contribution in [1.82, 2.24) is 15.6 Å². The van der Waals surface area contributed by atoms with Crippen LogP contribution in [0.25, 0.3) is 22.2 Å². The van der Waals surface area contributed by atoms with Gasteiger partial charge in [-0.2, -0.15) is 0 Å². The number of carbonyl (C=O) groups is 1. The summed E-state index contributed by atoms with van der Waals surface area (Å²) in [5.74, 6) is 0. The second kappa shape index (κ2) is 12.0. The lowest BCUT2D eigenvalue weighted by Gasteiger charge is -2.09. The Hall–Kier alpha value is -2.77. The number of para-hydroxylation sites is 1. The van der Waals surface area contributed by atoms with Crippen molar-refractivity contribution in [3.05, 3.63) is 48.0 Å². The Bertz CT molecular complexity index is 946. The van der Waals surface area contributed by atoms with Gasteiger partial charge in [-0.1, -0.05) is 57.5 Å². The number of carboxylic acid groups (broad SMARTS) is 1. The van der Waals surface area contributed by atoms with E-state index in [2.05, 4.69) is 73.1 Å². The lowest BCUT2D eigenvalue weighted by molar-refractivity contribution is -0.122. The topological polar surface area (TPSA) is 86.3 Å². The van der Waals surface area contributed by atoms with Gasteiger partial charge in [0, 0.05) is 35.8 Å². The van der Waals surface area contributed by atoms with Crippen molar-refractivity contribution >= 4 is 40.4 Å². The van der Waals surface area contributed by atoms with E-state index >= 15 is 0 Å². The average molecular weight is 427 g/mol. The molecule has 4 N–H and O–H groups in total. The molecule has 7 heteroatoms. The molecule has 6 nitrogen and oxygen atoms in total. The molecule has 1 aromatic rings. The summed E-state index contributed by atoms with van der Waals surface area (Å²) >= 11 is 5.40. The van der Waals surface area contributed by atoms with Crippen LogP contribution >= 0.6 is 12.2 Å². The number of aromatic nitrogens is 1. The lowest BCUT2D eigenvalue weighted by Crippen LogP contribution is -2.29. The first-order chi connectivity index (χ1) is 14.5. The van der Waals surface area contributed by atoms with E-state index in [9.17, 15) is 0 Å². The van der Waals surface area contributed by atoms with Gasteiger partial charge in [0.1, 0.15) is 0 Å². The maximum atomic E-state index is 8.36. The van der Waals surface area contributed by atoms with Crippen LogP contribution in [0.15, 0.2) is 42.5 Å². The van der Waals surface area contributed by atoms with Gasteiger partial charge in [-0.3, -0.25) is 4.79 Å². The van der Waals surface area contributed by atoms with E-state index in [1.165, 1.54) is 10.9 Å². The number of hydrogen-bond donors (Lipinski definition) is 4. The molecule has 0 fully saturated rings. The molecular formula is C23H30N4O2S. The van der Waals surface area contributed by atoms with Crippen LogP contribution in [-0.4, -0.2) is 34.3 Å². The monoisotopic (exact) mass is 426 g/mol. The normalized spacial score (nSPS) is 10.5. The highest BCUT2D eigenvalue weighted by atomic mass is 32.1. The molecule has 0 bridgehead atoms. The molecule has 0 saturated carbocycles. The Labute approximate surface area is 183 Å². The van der Waals surface area contributed by atoms with Crippen molar-refractivity contribution in [2.75, 3.05) is 11.9 Å². The van der Waals surface area contributed by atoms with Crippen molar-refractivity contribution < 1.29 is 9.90 Å². The van der Waals surface area contributed by atoms with Crippen LogP contribution in [0.4, 0.5) is 5.69 Å². The van der Waals surface area contributed by atoms with Crippen molar-refractivity contribution in [3.63, 3.8) is 0 Å². The molecule has 0 aromatic heterocycles. The number of thiocarbonyl (C=S) groups is 1. The summed E-state index contributed by atoms with van der Waals surface area (Å²) in [5.41, 5.74) is 5.39. The molecule has 2 aliphatic rings.